The summed E-state index contributed by atoms with van der Waals surface area (Å²) in [6.07, 6.45) is 6.57. The molecule has 4 aromatic rings. The van der Waals surface area contributed by atoms with Crippen LogP contribution in [0.2, 0.25) is 0 Å². The van der Waals surface area contributed by atoms with Crippen LogP contribution < -0.4 is 22.4 Å². The molecular weight excluding hydrogens is 529 g/mol. The third kappa shape index (κ3) is 4.97. The second kappa shape index (κ2) is 9.99. The fourth-order valence-electron chi connectivity index (χ4n) is 2.83. The van der Waals surface area contributed by atoms with E-state index in [1.54, 1.807) is 18.2 Å². The minimum Gasteiger partial charge on any atom is -0.334 e. The Labute approximate surface area is 213 Å². The van der Waals surface area contributed by atoms with Crippen molar-refractivity contribution in [2.45, 2.75) is 14.9 Å². The maximum absolute atomic E-state index is 12.8. The summed E-state index contributed by atoms with van der Waals surface area (Å²) < 4.78 is 1.06. The number of nitrogen functional groups attached to an aromatic ring is 1. The number of fused-ring (bicyclic) bond motifs is 1. The Balaban J connectivity index is 1.34. The zero-order valence-electron chi connectivity index (χ0n) is 17.5. The summed E-state index contributed by atoms with van der Waals surface area (Å²) in [5, 5.41) is 20.0. The number of hydrogen-bond acceptors (Lipinski definition) is 12. The molecule has 176 valence electrons. The van der Waals surface area contributed by atoms with Crippen molar-refractivity contribution >= 4 is 76.4 Å². The molecule has 5 rings (SSSR count). The number of carbonyl (C=O) groups is 1. The average molecular weight is 543 g/mol. The standard InChI is InChI=1S/C20H14N8O3S4/c21-27-16(30)13(7-5-11-3-1-9-32-11)22-24-19(27)34-18-15(29)26-28-17(31)14(23-25-20(28)35-18)8-6-12-4-2-10-33-12/h1-10,18H,21H2,(H,26,29)/b7-5+,8-6+. The molecule has 15 heteroatoms. The monoisotopic (exact) mass is 542 g/mol. The molecule has 1 amide bonds. The van der Waals surface area contributed by atoms with Gasteiger partial charge in [0.1, 0.15) is 4.58 Å². The molecule has 1 unspecified atom stereocenters. The SMILES string of the molecule is Nn1c(SC2Sc3nnc(/C=C/c4cccs4)c(=O)n3NC2=O)nnc(/C=C/c2cccs2)c1=O. The predicted octanol–water partition coefficient (Wildman–Crippen LogP) is 2.06. The van der Waals surface area contributed by atoms with Crippen molar-refractivity contribution in [1.29, 1.82) is 0 Å². The zero-order chi connectivity index (χ0) is 24.4. The fourth-order valence-corrected chi connectivity index (χ4v) is 6.08. The molecule has 0 aliphatic carbocycles. The molecule has 5 heterocycles. The Kier molecular flexibility index (Phi) is 6.63. The number of hydrogen-bond donors (Lipinski definition) is 2. The molecule has 0 saturated heterocycles. The van der Waals surface area contributed by atoms with Crippen molar-refractivity contribution in [3.63, 3.8) is 0 Å². The first kappa shape index (κ1) is 23.2. The highest BCUT2D eigenvalue weighted by molar-refractivity contribution is 8.18. The topological polar surface area (TPSA) is 151 Å². The van der Waals surface area contributed by atoms with Gasteiger partial charge >= 0.3 is 0 Å². The van der Waals surface area contributed by atoms with Crippen molar-refractivity contribution in [2.75, 3.05) is 11.3 Å². The molecule has 1 aliphatic heterocycles. The normalized spacial score (nSPS) is 15.5. The number of thioether (sulfide) groups is 2. The van der Waals surface area contributed by atoms with E-state index in [1.165, 1.54) is 28.7 Å². The van der Waals surface area contributed by atoms with Gasteiger partial charge in [-0.15, -0.1) is 43.1 Å². The Morgan fingerprint density at radius 3 is 2.14 bits per heavy atom. The molecule has 3 N–H and O–H groups in total. The van der Waals surface area contributed by atoms with Gasteiger partial charge in [0, 0.05) is 9.75 Å². The Morgan fingerprint density at radius 1 is 0.886 bits per heavy atom. The maximum Gasteiger partial charge on any atom is 0.299 e. The molecule has 4 aromatic heterocycles. The highest BCUT2D eigenvalue weighted by Gasteiger charge is 2.32. The van der Waals surface area contributed by atoms with Crippen LogP contribution in [-0.4, -0.2) is 40.2 Å². The van der Waals surface area contributed by atoms with Crippen LogP contribution in [0.15, 0.2) is 54.9 Å². The summed E-state index contributed by atoms with van der Waals surface area (Å²) in [6.45, 7) is 0. The van der Waals surface area contributed by atoms with Crippen LogP contribution in [0.3, 0.4) is 0 Å². The Bertz CT molecular complexity index is 1560. The van der Waals surface area contributed by atoms with Crippen LogP contribution in [0.5, 0.6) is 0 Å². The number of nitrogens with two attached hydrogens (primary N) is 1. The average Bonchev–Trinajstić information content (AvgIpc) is 3.57. The van der Waals surface area contributed by atoms with E-state index >= 15 is 0 Å². The fraction of sp³-hybridized carbons (Fsp3) is 0.0500. The van der Waals surface area contributed by atoms with Gasteiger partial charge in [0.05, 0.1) is 0 Å². The van der Waals surface area contributed by atoms with E-state index in [0.29, 0.717) is 0 Å². The summed E-state index contributed by atoms with van der Waals surface area (Å²) in [4.78, 5) is 39.9. The molecule has 0 fully saturated rings. The minimum absolute atomic E-state index is 0.0372. The zero-order valence-corrected chi connectivity index (χ0v) is 20.7. The van der Waals surface area contributed by atoms with Gasteiger partial charge in [0.25, 0.3) is 17.0 Å². The summed E-state index contributed by atoms with van der Waals surface area (Å²) in [5.41, 5.74) is 1.60. The molecule has 0 bridgehead atoms. The molecule has 1 aliphatic rings. The highest BCUT2D eigenvalue weighted by Crippen LogP contribution is 2.35. The molecule has 11 nitrogen and oxygen atoms in total. The van der Waals surface area contributed by atoms with Gasteiger partial charge in [-0.25, -0.2) is 0 Å². The van der Waals surface area contributed by atoms with Crippen LogP contribution in [0.1, 0.15) is 21.1 Å². The van der Waals surface area contributed by atoms with Crippen LogP contribution >= 0.6 is 46.2 Å². The van der Waals surface area contributed by atoms with Crippen molar-refractivity contribution in [1.82, 2.24) is 29.7 Å². The van der Waals surface area contributed by atoms with Crippen LogP contribution in [-0.2, 0) is 4.79 Å². The summed E-state index contributed by atoms with van der Waals surface area (Å²) in [6, 6.07) is 7.58. The van der Waals surface area contributed by atoms with E-state index in [1.807, 2.05) is 35.0 Å². The van der Waals surface area contributed by atoms with Crippen molar-refractivity contribution < 1.29 is 4.79 Å². The number of amides is 1. The first-order chi connectivity index (χ1) is 17.0. The molecule has 1 atom stereocenters. The number of rotatable bonds is 6. The van der Waals surface area contributed by atoms with Gasteiger partial charge in [-0.05, 0) is 47.2 Å². The van der Waals surface area contributed by atoms with Gasteiger partial charge in [-0.1, -0.05) is 35.7 Å². The van der Waals surface area contributed by atoms with Crippen LogP contribution in [0.4, 0.5) is 0 Å². The third-order valence-electron chi connectivity index (χ3n) is 4.50. The lowest BCUT2D eigenvalue weighted by molar-refractivity contribution is -0.115. The summed E-state index contributed by atoms with van der Waals surface area (Å²) in [7, 11) is 0. The highest BCUT2D eigenvalue weighted by atomic mass is 32.2. The van der Waals surface area contributed by atoms with Gasteiger partial charge < -0.3 is 5.84 Å². The molecular formula is C20H14N8O3S4. The Morgan fingerprint density at radius 2 is 1.51 bits per heavy atom. The largest absolute Gasteiger partial charge is 0.334 e. The van der Waals surface area contributed by atoms with Gasteiger partial charge in [0.2, 0.25) is 10.3 Å². The molecule has 0 radical (unpaired) electrons. The van der Waals surface area contributed by atoms with Gasteiger partial charge in [-0.2, -0.15) is 9.35 Å². The number of carbonyl (C=O) groups excluding carboxylic acids is 1. The lowest BCUT2D eigenvalue weighted by Crippen LogP contribution is -2.43. The first-order valence-electron chi connectivity index (χ1n) is 9.81. The number of aromatic nitrogens is 6. The predicted molar refractivity (Wildman–Crippen MR) is 139 cm³/mol. The van der Waals surface area contributed by atoms with E-state index in [9.17, 15) is 14.4 Å². The maximum atomic E-state index is 12.8. The molecule has 35 heavy (non-hydrogen) atoms. The second-order valence-electron chi connectivity index (χ2n) is 6.79. The van der Waals surface area contributed by atoms with Crippen molar-refractivity contribution in [2.24, 2.45) is 0 Å². The van der Waals surface area contributed by atoms with Crippen molar-refractivity contribution in [3.8, 4) is 0 Å². The van der Waals surface area contributed by atoms with E-state index < -0.39 is 21.6 Å². The minimum atomic E-state index is -0.827. The van der Waals surface area contributed by atoms with E-state index in [4.69, 9.17) is 5.84 Å². The van der Waals surface area contributed by atoms with E-state index in [2.05, 4.69) is 25.8 Å². The molecule has 0 saturated carbocycles. The van der Waals surface area contributed by atoms with Gasteiger partial charge in [-0.3, -0.25) is 19.8 Å². The van der Waals surface area contributed by atoms with Crippen LogP contribution in [0, 0.1) is 0 Å². The van der Waals surface area contributed by atoms with Crippen molar-refractivity contribution in [3.05, 3.63) is 76.9 Å². The molecule has 0 spiro atoms. The summed E-state index contributed by atoms with van der Waals surface area (Å²) in [5.74, 6) is 5.43. The van der Waals surface area contributed by atoms with E-state index in [-0.39, 0.29) is 21.7 Å². The lowest BCUT2D eigenvalue weighted by atomic mass is 10.3. The smallest absolute Gasteiger partial charge is 0.299 e. The number of thiophene rings is 2. The second-order valence-corrected chi connectivity index (χ2v) is 11.2. The Hall–Kier alpha value is -3.53. The van der Waals surface area contributed by atoms with E-state index in [0.717, 1.165) is 42.6 Å². The quantitative estimate of drug-likeness (QED) is 0.347. The third-order valence-corrected chi connectivity index (χ3v) is 8.58. The van der Waals surface area contributed by atoms with Crippen LogP contribution in [0.25, 0.3) is 24.3 Å². The summed E-state index contributed by atoms with van der Waals surface area (Å²) >= 11 is 4.94. The number of nitrogens with one attached hydrogen (secondary N) is 1. The molecule has 0 aromatic carbocycles. The lowest BCUT2D eigenvalue weighted by Gasteiger charge is -2.23. The first-order valence-corrected chi connectivity index (χ1v) is 13.3. The number of nitrogens with zero attached hydrogens (tertiary/aromatic N) is 6. The van der Waals surface area contributed by atoms with Gasteiger partial charge in [0.15, 0.2) is 11.4 Å².